The van der Waals surface area contributed by atoms with E-state index in [4.69, 9.17) is 14.6 Å². The first-order valence-corrected chi connectivity index (χ1v) is 5.32. The second kappa shape index (κ2) is 4.61. The number of rotatable bonds is 4. The molecule has 1 aromatic carbocycles. The second-order valence-electron chi connectivity index (χ2n) is 4.05. The zero-order valence-corrected chi connectivity index (χ0v) is 9.40. The molecule has 1 heterocycles. The Morgan fingerprint density at radius 1 is 1.53 bits per heavy atom. The molecule has 17 heavy (non-hydrogen) atoms. The molecule has 4 nitrogen and oxygen atoms in total. The van der Waals surface area contributed by atoms with Crippen molar-refractivity contribution < 1.29 is 23.8 Å². The van der Waals surface area contributed by atoms with Crippen LogP contribution in [0.2, 0.25) is 0 Å². The maximum atomic E-state index is 12.7. The lowest BCUT2D eigenvalue weighted by molar-refractivity contribution is -0.137. The van der Waals surface area contributed by atoms with Crippen LogP contribution < -0.4 is 9.47 Å². The summed E-state index contributed by atoms with van der Waals surface area (Å²) in [7, 11) is 0. The Kier molecular flexibility index (Phi) is 3.17. The third kappa shape index (κ3) is 2.33. The fourth-order valence-electron chi connectivity index (χ4n) is 1.91. The van der Waals surface area contributed by atoms with Gasteiger partial charge in [-0.3, -0.25) is 4.79 Å². The molecule has 5 heteroatoms. The van der Waals surface area contributed by atoms with E-state index in [1.807, 2.05) is 0 Å². The van der Waals surface area contributed by atoms with Crippen LogP contribution in [0, 0.1) is 0 Å². The van der Waals surface area contributed by atoms with E-state index < -0.39 is 12.6 Å². The number of alkyl halides is 1. The van der Waals surface area contributed by atoms with Crippen molar-refractivity contribution in [1.29, 1.82) is 0 Å². The number of hydrogen-bond donors (Lipinski definition) is 1. The first-order valence-electron chi connectivity index (χ1n) is 5.32. The van der Waals surface area contributed by atoms with Crippen molar-refractivity contribution in [2.24, 2.45) is 0 Å². The quantitative estimate of drug-likeness (QED) is 0.878. The maximum Gasteiger partial charge on any atom is 0.303 e. The first kappa shape index (κ1) is 11.7. The van der Waals surface area contributed by atoms with E-state index in [0.29, 0.717) is 22.6 Å². The van der Waals surface area contributed by atoms with Gasteiger partial charge in [-0.1, -0.05) is 6.92 Å². The summed E-state index contributed by atoms with van der Waals surface area (Å²) in [5.41, 5.74) is 1.16. The van der Waals surface area contributed by atoms with Crippen molar-refractivity contribution in [3.05, 3.63) is 23.3 Å². The van der Waals surface area contributed by atoms with Crippen molar-refractivity contribution in [2.75, 3.05) is 6.79 Å². The number of hydrogen-bond acceptors (Lipinski definition) is 3. The number of carboxylic acid groups (broad SMARTS) is 1. The Morgan fingerprint density at radius 3 is 2.94 bits per heavy atom. The summed E-state index contributed by atoms with van der Waals surface area (Å²) >= 11 is 0. The van der Waals surface area contributed by atoms with Gasteiger partial charge < -0.3 is 14.6 Å². The van der Waals surface area contributed by atoms with E-state index >= 15 is 0 Å². The third-order valence-electron chi connectivity index (χ3n) is 2.73. The van der Waals surface area contributed by atoms with Gasteiger partial charge in [-0.25, -0.2) is 4.39 Å². The predicted molar refractivity (Wildman–Crippen MR) is 58.0 cm³/mol. The molecule has 1 aliphatic heterocycles. The van der Waals surface area contributed by atoms with Crippen LogP contribution in [0.15, 0.2) is 12.1 Å². The van der Waals surface area contributed by atoms with Gasteiger partial charge in [-0.15, -0.1) is 0 Å². The average Bonchev–Trinajstić information content (AvgIpc) is 2.74. The minimum Gasteiger partial charge on any atom is -0.481 e. The second-order valence-corrected chi connectivity index (χ2v) is 4.05. The van der Waals surface area contributed by atoms with E-state index in [9.17, 15) is 9.18 Å². The highest BCUT2D eigenvalue weighted by Gasteiger charge is 2.23. The summed E-state index contributed by atoms with van der Waals surface area (Å²) in [6.45, 7) is 1.26. The van der Waals surface area contributed by atoms with Gasteiger partial charge in [0, 0.05) is 5.56 Å². The lowest BCUT2D eigenvalue weighted by Gasteiger charge is -2.13. The monoisotopic (exact) mass is 240 g/mol. The zero-order chi connectivity index (χ0) is 12.4. The van der Waals surface area contributed by atoms with Crippen LogP contribution in [0.1, 0.15) is 30.4 Å². The molecule has 1 N–H and O–H groups in total. The summed E-state index contributed by atoms with van der Waals surface area (Å²) < 4.78 is 23.2. The Bertz CT molecular complexity index is 444. The van der Waals surface area contributed by atoms with Crippen LogP contribution in [0.3, 0.4) is 0 Å². The summed E-state index contributed by atoms with van der Waals surface area (Å²) in [6.07, 6.45) is -0.0223. The van der Waals surface area contributed by atoms with Gasteiger partial charge in [0.1, 0.15) is 6.67 Å². The molecule has 0 spiro atoms. The molecule has 0 aliphatic carbocycles. The molecule has 1 unspecified atom stereocenters. The van der Waals surface area contributed by atoms with E-state index in [1.165, 1.54) is 0 Å². The predicted octanol–water partition coefficient (Wildman–Crippen LogP) is 2.46. The molecular formula is C12H13FO4. The van der Waals surface area contributed by atoms with Gasteiger partial charge in [-0.2, -0.15) is 0 Å². The standard InChI is InChI=1S/C12H13FO4/c1-7(2-11(14)15)9-3-8(5-13)4-10-12(9)17-6-16-10/h3-4,7H,2,5-6H2,1H3,(H,14,15). The minimum absolute atomic E-state index is 0.0223. The van der Waals surface area contributed by atoms with Crippen LogP contribution in [0.25, 0.3) is 0 Å². The molecular weight excluding hydrogens is 227 g/mol. The molecule has 1 aliphatic rings. The zero-order valence-electron chi connectivity index (χ0n) is 9.40. The highest BCUT2D eigenvalue weighted by Crippen LogP contribution is 2.41. The molecule has 0 saturated heterocycles. The Morgan fingerprint density at radius 2 is 2.29 bits per heavy atom. The molecule has 0 bridgehead atoms. The molecule has 1 aromatic rings. The van der Waals surface area contributed by atoms with Crippen molar-refractivity contribution in [1.82, 2.24) is 0 Å². The molecule has 0 amide bonds. The average molecular weight is 240 g/mol. The van der Waals surface area contributed by atoms with E-state index in [0.717, 1.165) is 0 Å². The van der Waals surface area contributed by atoms with Gasteiger partial charge in [0.15, 0.2) is 11.5 Å². The van der Waals surface area contributed by atoms with Gasteiger partial charge in [-0.05, 0) is 23.6 Å². The number of aliphatic carboxylic acids is 1. The Hall–Kier alpha value is -1.78. The molecule has 0 fully saturated rings. The lowest BCUT2D eigenvalue weighted by atomic mass is 9.95. The van der Waals surface area contributed by atoms with Crippen LogP contribution in [0.4, 0.5) is 4.39 Å². The molecule has 0 aromatic heterocycles. The fourth-order valence-corrected chi connectivity index (χ4v) is 1.91. The Balaban J connectivity index is 2.38. The normalized spacial score (nSPS) is 14.7. The molecule has 2 rings (SSSR count). The summed E-state index contributed by atoms with van der Waals surface area (Å²) in [4.78, 5) is 10.7. The maximum absolute atomic E-state index is 12.7. The van der Waals surface area contributed by atoms with Crippen LogP contribution in [0.5, 0.6) is 11.5 Å². The number of halogens is 1. The van der Waals surface area contributed by atoms with Gasteiger partial charge >= 0.3 is 5.97 Å². The number of carbonyl (C=O) groups is 1. The number of ether oxygens (including phenoxy) is 2. The molecule has 1 atom stereocenters. The Labute approximate surface area is 98.0 Å². The third-order valence-corrected chi connectivity index (χ3v) is 2.73. The van der Waals surface area contributed by atoms with Crippen LogP contribution in [-0.2, 0) is 11.5 Å². The molecule has 92 valence electrons. The van der Waals surface area contributed by atoms with E-state index in [1.54, 1.807) is 19.1 Å². The van der Waals surface area contributed by atoms with Crippen molar-refractivity contribution in [2.45, 2.75) is 25.9 Å². The molecule has 0 radical (unpaired) electrons. The fraction of sp³-hybridized carbons (Fsp3) is 0.417. The van der Waals surface area contributed by atoms with E-state index in [2.05, 4.69) is 0 Å². The topological polar surface area (TPSA) is 55.8 Å². The van der Waals surface area contributed by atoms with Crippen LogP contribution in [-0.4, -0.2) is 17.9 Å². The number of benzene rings is 1. The minimum atomic E-state index is -0.893. The number of carboxylic acids is 1. The van der Waals surface area contributed by atoms with Gasteiger partial charge in [0.25, 0.3) is 0 Å². The van der Waals surface area contributed by atoms with Crippen molar-refractivity contribution in [3.63, 3.8) is 0 Å². The van der Waals surface area contributed by atoms with Crippen LogP contribution >= 0.6 is 0 Å². The smallest absolute Gasteiger partial charge is 0.303 e. The highest BCUT2D eigenvalue weighted by atomic mass is 19.1. The van der Waals surface area contributed by atoms with E-state index in [-0.39, 0.29) is 19.1 Å². The van der Waals surface area contributed by atoms with Gasteiger partial charge in [0.2, 0.25) is 6.79 Å². The highest BCUT2D eigenvalue weighted by molar-refractivity contribution is 5.68. The largest absolute Gasteiger partial charge is 0.481 e. The molecule has 0 saturated carbocycles. The summed E-state index contributed by atoms with van der Waals surface area (Å²) in [5, 5.41) is 8.77. The van der Waals surface area contributed by atoms with Gasteiger partial charge in [0.05, 0.1) is 6.42 Å². The van der Waals surface area contributed by atoms with Crippen molar-refractivity contribution in [3.8, 4) is 11.5 Å². The lowest BCUT2D eigenvalue weighted by Crippen LogP contribution is -2.04. The van der Waals surface area contributed by atoms with Crippen molar-refractivity contribution >= 4 is 5.97 Å². The number of fused-ring (bicyclic) bond motifs is 1. The summed E-state index contributed by atoms with van der Waals surface area (Å²) in [6, 6.07) is 3.22. The summed E-state index contributed by atoms with van der Waals surface area (Å²) in [5.74, 6) is -0.103. The first-order chi connectivity index (χ1) is 8.11. The SMILES string of the molecule is CC(CC(=O)O)c1cc(CF)cc2c1OCO2.